The molecule has 0 radical (unpaired) electrons. The van der Waals surface area contributed by atoms with Crippen LogP contribution in [0.3, 0.4) is 0 Å². The van der Waals surface area contributed by atoms with E-state index in [0.29, 0.717) is 17.5 Å². The second-order valence-corrected chi connectivity index (χ2v) is 16.0. The zero-order valence-electron chi connectivity index (χ0n) is 34.1. The van der Waals surface area contributed by atoms with E-state index in [1.54, 1.807) is 0 Å². The second kappa shape index (κ2) is 15.2. The molecule has 2 aromatic heterocycles. The lowest BCUT2D eigenvalue weighted by atomic mass is 9.92. The lowest BCUT2D eigenvalue weighted by Gasteiger charge is -2.11. The maximum atomic E-state index is 6.73. The van der Waals surface area contributed by atoms with E-state index in [1.807, 2.05) is 12.1 Å². The van der Waals surface area contributed by atoms with Gasteiger partial charge in [-0.05, 0) is 78.9 Å². The quantitative estimate of drug-likeness (QED) is 0.161. The van der Waals surface area contributed by atoms with Crippen LogP contribution in [-0.4, -0.2) is 15.0 Å². The molecule has 10 aromatic carbocycles. The maximum Gasteiger partial charge on any atom is 0.164 e. The average Bonchev–Trinajstić information content (AvgIpc) is 3.76. The van der Waals surface area contributed by atoms with Gasteiger partial charge in [-0.3, -0.25) is 0 Å². The van der Waals surface area contributed by atoms with Crippen LogP contribution in [0.25, 0.3) is 122 Å². The van der Waals surface area contributed by atoms with Gasteiger partial charge >= 0.3 is 0 Å². The van der Waals surface area contributed by atoms with Gasteiger partial charge in [-0.2, -0.15) is 0 Å². The van der Waals surface area contributed by atoms with Gasteiger partial charge in [0.2, 0.25) is 0 Å². The van der Waals surface area contributed by atoms with E-state index in [2.05, 4.69) is 212 Å². The molecule has 0 N–H and O–H groups in total. The van der Waals surface area contributed by atoms with Gasteiger partial charge in [0.05, 0.1) is 0 Å². The molecule has 0 saturated carbocycles. The summed E-state index contributed by atoms with van der Waals surface area (Å²) >= 11 is 0. The first kappa shape index (κ1) is 36.4. The summed E-state index contributed by atoms with van der Waals surface area (Å²) < 4.78 is 6.73. The molecule has 2 heterocycles. The number of aromatic nitrogens is 3. The minimum absolute atomic E-state index is 0.610. The molecule has 0 atom stereocenters. The highest BCUT2D eigenvalue weighted by molar-refractivity contribution is 6.22. The van der Waals surface area contributed by atoms with Crippen molar-refractivity contribution in [2.24, 2.45) is 0 Å². The molecule has 0 amide bonds. The van der Waals surface area contributed by atoms with Crippen LogP contribution in [0.15, 0.2) is 229 Å². The molecule has 63 heavy (non-hydrogen) atoms. The SMILES string of the molecule is c1ccc(-c2ccc(-c3nc(-c4ccc(-c5ccccc5)cc4)nc(-c4ccc(-c5cccc6oc7c8ccccc8c(-c8ccc9ccccc9c8)cc7c56)cc4)n3)cc2)cc1. The Kier molecular flexibility index (Phi) is 8.79. The van der Waals surface area contributed by atoms with Gasteiger partial charge in [0.1, 0.15) is 11.2 Å². The minimum atomic E-state index is 0.610. The number of rotatable bonds is 7. The third kappa shape index (κ3) is 6.62. The van der Waals surface area contributed by atoms with Gasteiger partial charge in [-0.1, -0.05) is 206 Å². The number of benzene rings is 10. The molecule has 294 valence electrons. The first-order valence-electron chi connectivity index (χ1n) is 21.2. The van der Waals surface area contributed by atoms with Crippen molar-refractivity contribution in [1.29, 1.82) is 0 Å². The number of hydrogen-bond acceptors (Lipinski definition) is 4. The first-order chi connectivity index (χ1) is 31.2. The summed E-state index contributed by atoms with van der Waals surface area (Å²) in [4.78, 5) is 15.3. The van der Waals surface area contributed by atoms with Crippen molar-refractivity contribution in [3.05, 3.63) is 224 Å². The second-order valence-electron chi connectivity index (χ2n) is 16.0. The van der Waals surface area contributed by atoms with Gasteiger partial charge in [0, 0.05) is 32.8 Å². The monoisotopic (exact) mass is 803 g/mol. The third-order valence-corrected chi connectivity index (χ3v) is 12.2. The highest BCUT2D eigenvalue weighted by atomic mass is 16.3. The largest absolute Gasteiger partial charge is 0.455 e. The molecule has 0 bridgehead atoms. The zero-order valence-corrected chi connectivity index (χ0v) is 34.1. The fourth-order valence-corrected chi connectivity index (χ4v) is 8.93. The van der Waals surface area contributed by atoms with Crippen molar-refractivity contribution in [2.75, 3.05) is 0 Å². The molecule has 12 aromatic rings. The van der Waals surface area contributed by atoms with E-state index in [9.17, 15) is 0 Å². The van der Waals surface area contributed by atoms with Gasteiger partial charge < -0.3 is 4.42 Å². The van der Waals surface area contributed by atoms with Crippen molar-refractivity contribution in [1.82, 2.24) is 15.0 Å². The summed E-state index contributed by atoms with van der Waals surface area (Å²) in [7, 11) is 0. The van der Waals surface area contributed by atoms with E-state index in [1.165, 1.54) is 27.3 Å². The Morgan fingerprint density at radius 2 is 0.730 bits per heavy atom. The molecule has 4 heteroatoms. The van der Waals surface area contributed by atoms with Crippen LogP contribution in [0.4, 0.5) is 0 Å². The van der Waals surface area contributed by atoms with Crippen molar-refractivity contribution in [2.45, 2.75) is 0 Å². The Labute approximate surface area is 364 Å². The number of hydrogen-bond donors (Lipinski definition) is 0. The predicted octanol–water partition coefficient (Wildman–Crippen LogP) is 15.7. The molecule has 0 unspecified atom stereocenters. The Bertz CT molecular complexity index is 3530. The van der Waals surface area contributed by atoms with E-state index in [0.717, 1.165) is 77.4 Å². The summed E-state index contributed by atoms with van der Waals surface area (Å²) in [6.07, 6.45) is 0. The van der Waals surface area contributed by atoms with Crippen LogP contribution in [0.2, 0.25) is 0 Å². The molecule has 0 fully saturated rings. The van der Waals surface area contributed by atoms with Gasteiger partial charge in [0.15, 0.2) is 17.5 Å². The number of nitrogens with zero attached hydrogens (tertiary/aromatic N) is 3. The molecule has 12 rings (SSSR count). The molecule has 0 spiro atoms. The summed E-state index contributed by atoms with van der Waals surface area (Å²) in [5, 5.41) is 6.90. The van der Waals surface area contributed by atoms with Crippen molar-refractivity contribution >= 4 is 43.5 Å². The Morgan fingerprint density at radius 3 is 1.32 bits per heavy atom. The van der Waals surface area contributed by atoms with Crippen LogP contribution in [0, 0.1) is 0 Å². The fraction of sp³-hybridized carbons (Fsp3) is 0. The van der Waals surface area contributed by atoms with E-state index in [4.69, 9.17) is 19.4 Å². The summed E-state index contributed by atoms with van der Waals surface area (Å²) in [5.41, 5.74) is 13.6. The highest BCUT2D eigenvalue weighted by Crippen LogP contribution is 2.43. The van der Waals surface area contributed by atoms with Gasteiger partial charge in [-0.25, -0.2) is 15.0 Å². The summed E-state index contributed by atoms with van der Waals surface area (Å²) in [6.45, 7) is 0. The van der Waals surface area contributed by atoms with Crippen LogP contribution in [0.1, 0.15) is 0 Å². The Hall–Kier alpha value is -8.47. The minimum Gasteiger partial charge on any atom is -0.455 e. The standard InChI is InChI=1S/C59H37N3O/c1-3-12-38(13-4-1)41-22-29-44(30-23-41)57-60-58(45-31-24-42(25-32-45)39-14-5-2-6-15-39)62-59(61-57)46-33-27-43(28-34-46)49-20-11-21-54-55(49)53-37-52(50-18-9-10-19-51(50)56(53)63-54)48-35-26-40-16-7-8-17-47(40)36-48/h1-37H. The first-order valence-corrected chi connectivity index (χ1v) is 21.2. The molecular formula is C59H37N3O. The average molecular weight is 804 g/mol. The molecule has 0 aliphatic carbocycles. The smallest absolute Gasteiger partial charge is 0.164 e. The summed E-state index contributed by atoms with van der Waals surface area (Å²) in [6, 6.07) is 78.8. The van der Waals surface area contributed by atoms with Crippen LogP contribution < -0.4 is 0 Å². The molecule has 0 saturated heterocycles. The molecule has 4 nitrogen and oxygen atoms in total. The topological polar surface area (TPSA) is 51.8 Å². The Balaban J connectivity index is 0.960. The lowest BCUT2D eigenvalue weighted by molar-refractivity contribution is 0.673. The van der Waals surface area contributed by atoms with E-state index in [-0.39, 0.29) is 0 Å². The van der Waals surface area contributed by atoms with Crippen molar-refractivity contribution in [3.8, 4) is 78.7 Å². The van der Waals surface area contributed by atoms with E-state index >= 15 is 0 Å². The highest BCUT2D eigenvalue weighted by Gasteiger charge is 2.19. The molecule has 0 aliphatic heterocycles. The molecular weight excluding hydrogens is 767 g/mol. The predicted molar refractivity (Wildman–Crippen MR) is 260 cm³/mol. The number of fused-ring (bicyclic) bond motifs is 6. The van der Waals surface area contributed by atoms with Crippen LogP contribution >= 0.6 is 0 Å². The maximum absolute atomic E-state index is 6.73. The van der Waals surface area contributed by atoms with Gasteiger partial charge in [0.25, 0.3) is 0 Å². The molecule has 0 aliphatic rings. The number of furan rings is 1. The fourth-order valence-electron chi connectivity index (χ4n) is 8.93. The van der Waals surface area contributed by atoms with Gasteiger partial charge in [-0.15, -0.1) is 0 Å². The Morgan fingerprint density at radius 1 is 0.270 bits per heavy atom. The normalized spacial score (nSPS) is 11.5. The van der Waals surface area contributed by atoms with Crippen molar-refractivity contribution in [3.63, 3.8) is 0 Å². The lowest BCUT2D eigenvalue weighted by Crippen LogP contribution is -2.00. The van der Waals surface area contributed by atoms with Crippen LogP contribution in [0.5, 0.6) is 0 Å². The van der Waals surface area contributed by atoms with Crippen LogP contribution in [-0.2, 0) is 0 Å². The van der Waals surface area contributed by atoms with Crippen molar-refractivity contribution < 1.29 is 4.42 Å². The zero-order chi connectivity index (χ0) is 41.7. The van der Waals surface area contributed by atoms with E-state index < -0.39 is 0 Å². The summed E-state index contributed by atoms with van der Waals surface area (Å²) in [5.74, 6) is 1.85. The third-order valence-electron chi connectivity index (χ3n) is 12.2.